The van der Waals surface area contributed by atoms with E-state index in [1.54, 1.807) is 12.1 Å². The van der Waals surface area contributed by atoms with Crippen molar-refractivity contribution in [3.05, 3.63) is 34.6 Å². The fourth-order valence-corrected chi connectivity index (χ4v) is 3.86. The number of hydrogen-bond donors (Lipinski definition) is 1. The SMILES string of the molecule is CCCNC(Cc1ccc(Cl)c(F)c1)C1CC2CC2C1. The molecule has 3 atom stereocenters. The Hall–Kier alpha value is -0.600. The van der Waals surface area contributed by atoms with Crippen LogP contribution in [-0.2, 0) is 6.42 Å². The summed E-state index contributed by atoms with van der Waals surface area (Å²) in [5.74, 6) is 2.46. The molecule has 20 heavy (non-hydrogen) atoms. The normalized spacial score (nSPS) is 29.2. The summed E-state index contributed by atoms with van der Waals surface area (Å²) in [5, 5.41) is 3.90. The second-order valence-electron chi connectivity index (χ2n) is 6.50. The van der Waals surface area contributed by atoms with Gasteiger partial charge < -0.3 is 5.32 Å². The van der Waals surface area contributed by atoms with Gasteiger partial charge in [-0.15, -0.1) is 0 Å². The topological polar surface area (TPSA) is 12.0 Å². The van der Waals surface area contributed by atoms with Gasteiger partial charge in [-0.2, -0.15) is 0 Å². The molecule has 0 heterocycles. The van der Waals surface area contributed by atoms with Gasteiger partial charge >= 0.3 is 0 Å². The maximum absolute atomic E-state index is 13.6. The van der Waals surface area contributed by atoms with E-state index in [0.717, 1.165) is 42.7 Å². The molecule has 0 bridgehead atoms. The Labute approximate surface area is 125 Å². The first-order chi connectivity index (χ1) is 9.67. The molecular formula is C17H23ClFN. The molecule has 0 radical (unpaired) electrons. The second kappa shape index (κ2) is 6.03. The predicted octanol–water partition coefficient (Wildman–Crippen LogP) is 4.44. The van der Waals surface area contributed by atoms with E-state index < -0.39 is 0 Å². The number of hydrogen-bond acceptors (Lipinski definition) is 1. The summed E-state index contributed by atoms with van der Waals surface area (Å²) in [6.45, 7) is 3.24. The summed E-state index contributed by atoms with van der Waals surface area (Å²) < 4.78 is 13.6. The van der Waals surface area contributed by atoms with Gasteiger partial charge in [0.05, 0.1) is 5.02 Å². The van der Waals surface area contributed by atoms with E-state index in [1.807, 2.05) is 6.07 Å². The summed E-state index contributed by atoms with van der Waals surface area (Å²) in [5.41, 5.74) is 1.06. The van der Waals surface area contributed by atoms with Gasteiger partial charge in [-0.05, 0) is 74.1 Å². The summed E-state index contributed by atoms with van der Waals surface area (Å²) in [4.78, 5) is 0. The quantitative estimate of drug-likeness (QED) is 0.818. The van der Waals surface area contributed by atoms with Crippen LogP contribution in [0, 0.1) is 23.6 Å². The molecule has 1 aromatic rings. The molecule has 2 saturated carbocycles. The zero-order valence-corrected chi connectivity index (χ0v) is 12.8. The minimum Gasteiger partial charge on any atom is -0.313 e. The Balaban J connectivity index is 1.66. The third-order valence-electron chi connectivity index (χ3n) is 4.95. The Bertz CT molecular complexity index is 466. The number of halogens is 2. The van der Waals surface area contributed by atoms with Crippen molar-refractivity contribution in [2.45, 2.75) is 45.1 Å². The standard InChI is InChI=1S/C17H23ClFN/c1-2-5-20-17(14-9-12-8-13(12)10-14)7-11-3-4-15(18)16(19)6-11/h3-4,6,12-14,17,20H,2,5,7-10H2,1H3. The molecule has 1 N–H and O–H groups in total. The maximum atomic E-state index is 13.6. The Kier molecular flexibility index (Phi) is 4.32. The number of fused-ring (bicyclic) bond motifs is 1. The van der Waals surface area contributed by atoms with Gasteiger partial charge in [-0.1, -0.05) is 24.6 Å². The highest BCUT2D eigenvalue weighted by atomic mass is 35.5. The molecule has 2 aliphatic rings. The Morgan fingerprint density at radius 3 is 2.70 bits per heavy atom. The third-order valence-corrected chi connectivity index (χ3v) is 5.25. The van der Waals surface area contributed by atoms with Crippen LogP contribution in [-0.4, -0.2) is 12.6 Å². The van der Waals surface area contributed by atoms with Gasteiger partial charge in [-0.3, -0.25) is 0 Å². The first kappa shape index (κ1) is 14.3. The molecular weight excluding hydrogens is 273 g/mol. The van der Waals surface area contributed by atoms with Crippen molar-refractivity contribution >= 4 is 11.6 Å². The zero-order chi connectivity index (χ0) is 14.1. The van der Waals surface area contributed by atoms with Gasteiger partial charge in [-0.25, -0.2) is 4.39 Å². The van der Waals surface area contributed by atoms with E-state index in [-0.39, 0.29) is 10.8 Å². The summed E-state index contributed by atoms with van der Waals surface area (Å²) in [7, 11) is 0. The molecule has 1 nitrogen and oxygen atoms in total. The molecule has 1 aromatic carbocycles. The van der Waals surface area contributed by atoms with Crippen molar-refractivity contribution in [2.75, 3.05) is 6.54 Å². The van der Waals surface area contributed by atoms with Crippen LogP contribution in [0.5, 0.6) is 0 Å². The van der Waals surface area contributed by atoms with E-state index in [0.29, 0.717) is 6.04 Å². The summed E-state index contributed by atoms with van der Waals surface area (Å²) in [6, 6.07) is 5.72. The summed E-state index contributed by atoms with van der Waals surface area (Å²) >= 11 is 5.76. The van der Waals surface area contributed by atoms with Crippen molar-refractivity contribution in [1.82, 2.24) is 5.32 Å². The zero-order valence-electron chi connectivity index (χ0n) is 12.0. The van der Waals surface area contributed by atoms with Crippen LogP contribution in [0.1, 0.15) is 38.2 Å². The largest absolute Gasteiger partial charge is 0.313 e. The summed E-state index contributed by atoms with van der Waals surface area (Å²) in [6.07, 6.45) is 6.24. The van der Waals surface area contributed by atoms with E-state index in [4.69, 9.17) is 11.6 Å². The van der Waals surface area contributed by atoms with Crippen molar-refractivity contribution in [3.8, 4) is 0 Å². The van der Waals surface area contributed by atoms with Gasteiger partial charge in [0.15, 0.2) is 0 Å². The highest BCUT2D eigenvalue weighted by Crippen LogP contribution is 2.55. The Morgan fingerprint density at radius 1 is 1.30 bits per heavy atom. The van der Waals surface area contributed by atoms with Crippen LogP contribution in [0.4, 0.5) is 4.39 Å². The third kappa shape index (κ3) is 3.17. The lowest BCUT2D eigenvalue weighted by atomic mass is 9.89. The van der Waals surface area contributed by atoms with E-state index in [9.17, 15) is 4.39 Å². The van der Waals surface area contributed by atoms with Crippen LogP contribution in [0.25, 0.3) is 0 Å². The highest BCUT2D eigenvalue weighted by Gasteiger charge is 2.47. The van der Waals surface area contributed by atoms with Gasteiger partial charge in [0, 0.05) is 6.04 Å². The van der Waals surface area contributed by atoms with Gasteiger partial charge in [0.25, 0.3) is 0 Å². The second-order valence-corrected chi connectivity index (χ2v) is 6.91. The molecule has 0 amide bonds. The molecule has 0 saturated heterocycles. The first-order valence-corrected chi connectivity index (χ1v) is 8.22. The lowest BCUT2D eigenvalue weighted by molar-refractivity contribution is 0.332. The predicted molar refractivity (Wildman–Crippen MR) is 81.5 cm³/mol. The molecule has 2 aliphatic carbocycles. The van der Waals surface area contributed by atoms with Gasteiger partial charge in [0.2, 0.25) is 0 Å². The fourth-order valence-electron chi connectivity index (χ4n) is 3.75. The average molecular weight is 296 g/mol. The van der Waals surface area contributed by atoms with Crippen LogP contribution >= 0.6 is 11.6 Å². The molecule has 0 aromatic heterocycles. The van der Waals surface area contributed by atoms with Crippen molar-refractivity contribution in [1.29, 1.82) is 0 Å². The minimum absolute atomic E-state index is 0.217. The number of rotatable bonds is 6. The van der Waals surface area contributed by atoms with E-state index in [1.165, 1.54) is 19.3 Å². The van der Waals surface area contributed by atoms with Crippen LogP contribution in [0.3, 0.4) is 0 Å². The Morgan fingerprint density at radius 2 is 2.05 bits per heavy atom. The molecule has 0 spiro atoms. The highest BCUT2D eigenvalue weighted by molar-refractivity contribution is 6.30. The van der Waals surface area contributed by atoms with Crippen LogP contribution in [0.2, 0.25) is 5.02 Å². The van der Waals surface area contributed by atoms with Crippen molar-refractivity contribution in [2.24, 2.45) is 17.8 Å². The van der Waals surface area contributed by atoms with Crippen LogP contribution in [0.15, 0.2) is 18.2 Å². The van der Waals surface area contributed by atoms with E-state index >= 15 is 0 Å². The monoisotopic (exact) mass is 295 g/mol. The van der Waals surface area contributed by atoms with Crippen molar-refractivity contribution in [3.63, 3.8) is 0 Å². The molecule has 2 fully saturated rings. The maximum Gasteiger partial charge on any atom is 0.142 e. The van der Waals surface area contributed by atoms with Gasteiger partial charge in [0.1, 0.15) is 5.82 Å². The van der Waals surface area contributed by atoms with Crippen molar-refractivity contribution < 1.29 is 4.39 Å². The van der Waals surface area contributed by atoms with Crippen LogP contribution < -0.4 is 5.32 Å². The first-order valence-electron chi connectivity index (χ1n) is 7.84. The molecule has 3 heteroatoms. The minimum atomic E-state index is -0.298. The number of benzene rings is 1. The number of nitrogens with one attached hydrogen (secondary N) is 1. The molecule has 3 rings (SSSR count). The lowest BCUT2D eigenvalue weighted by Gasteiger charge is -2.26. The molecule has 0 aliphatic heterocycles. The lowest BCUT2D eigenvalue weighted by Crippen LogP contribution is -2.38. The molecule has 3 unspecified atom stereocenters. The fraction of sp³-hybridized carbons (Fsp3) is 0.647. The smallest absolute Gasteiger partial charge is 0.142 e. The average Bonchev–Trinajstić information content (AvgIpc) is 3.05. The molecule has 110 valence electrons. The van der Waals surface area contributed by atoms with E-state index in [2.05, 4.69) is 12.2 Å².